The quantitative estimate of drug-likeness (QED) is 0.275. The third kappa shape index (κ3) is 2.84. The second-order valence-electron chi connectivity index (χ2n) is 2.46. The lowest BCUT2D eigenvalue weighted by Crippen LogP contribution is -2.46. The molecule has 0 bridgehead atoms. The normalized spacial score (nSPS) is 21.1. The Morgan fingerprint density at radius 1 is 1.33 bits per heavy atom. The summed E-state index contributed by atoms with van der Waals surface area (Å²) in [5.74, 6) is 4.64. The van der Waals surface area contributed by atoms with Crippen LogP contribution in [-0.2, 0) is 9.63 Å². The third-order valence-corrected chi connectivity index (χ3v) is 1.47. The van der Waals surface area contributed by atoms with Crippen molar-refractivity contribution >= 4 is 6.29 Å². The molecule has 0 saturated carbocycles. The van der Waals surface area contributed by atoms with E-state index >= 15 is 0 Å². The fourth-order valence-corrected chi connectivity index (χ4v) is 0.673. The average molecular weight is 179 g/mol. The molecule has 0 aromatic rings. The number of aliphatic hydroxyl groups is 3. The van der Waals surface area contributed by atoms with Crippen molar-refractivity contribution < 1.29 is 25.0 Å². The standard InChI is InChI=1S/C6H13NO5/c1-3(9)5(10)6(11)4(2-8)12-7/h2-6,9-11H,7H2,1H3/t3-,4-,5+,6+/m1/s1. The van der Waals surface area contributed by atoms with Crippen molar-refractivity contribution in [3.63, 3.8) is 0 Å². The lowest BCUT2D eigenvalue weighted by atomic mass is 10.1. The van der Waals surface area contributed by atoms with Gasteiger partial charge in [0.15, 0.2) is 12.4 Å². The van der Waals surface area contributed by atoms with Gasteiger partial charge in [-0.05, 0) is 6.92 Å². The van der Waals surface area contributed by atoms with E-state index in [2.05, 4.69) is 10.7 Å². The number of aliphatic hydroxyl groups excluding tert-OH is 3. The van der Waals surface area contributed by atoms with Gasteiger partial charge in [-0.2, -0.15) is 0 Å². The molecule has 0 unspecified atom stereocenters. The van der Waals surface area contributed by atoms with E-state index in [1.807, 2.05) is 0 Å². The molecule has 0 rings (SSSR count). The largest absolute Gasteiger partial charge is 0.391 e. The van der Waals surface area contributed by atoms with Crippen molar-refractivity contribution in [3.05, 3.63) is 0 Å². The molecule has 0 fully saturated rings. The highest BCUT2D eigenvalue weighted by Gasteiger charge is 2.29. The minimum absolute atomic E-state index is 0.246. The summed E-state index contributed by atoms with van der Waals surface area (Å²) >= 11 is 0. The maximum atomic E-state index is 10.1. The Kier molecular flexibility index (Phi) is 4.95. The molecule has 12 heavy (non-hydrogen) atoms. The molecule has 0 spiro atoms. The second-order valence-corrected chi connectivity index (χ2v) is 2.46. The topological polar surface area (TPSA) is 113 Å². The number of rotatable bonds is 5. The van der Waals surface area contributed by atoms with Gasteiger partial charge < -0.3 is 20.1 Å². The van der Waals surface area contributed by atoms with Crippen LogP contribution in [0.5, 0.6) is 0 Å². The van der Waals surface area contributed by atoms with Gasteiger partial charge in [0, 0.05) is 0 Å². The van der Waals surface area contributed by atoms with Gasteiger partial charge >= 0.3 is 0 Å². The Balaban J connectivity index is 4.14. The fraction of sp³-hybridized carbons (Fsp3) is 0.833. The minimum atomic E-state index is -1.52. The van der Waals surface area contributed by atoms with Crippen molar-refractivity contribution in [1.82, 2.24) is 0 Å². The van der Waals surface area contributed by atoms with Crippen molar-refractivity contribution in [1.29, 1.82) is 0 Å². The van der Waals surface area contributed by atoms with Crippen molar-refractivity contribution in [2.24, 2.45) is 5.90 Å². The lowest BCUT2D eigenvalue weighted by molar-refractivity contribution is -0.142. The average Bonchev–Trinajstić information content (AvgIpc) is 2.05. The Morgan fingerprint density at radius 3 is 2.08 bits per heavy atom. The zero-order chi connectivity index (χ0) is 9.72. The van der Waals surface area contributed by atoms with Crippen molar-refractivity contribution in [2.75, 3.05) is 0 Å². The second kappa shape index (κ2) is 5.18. The van der Waals surface area contributed by atoms with E-state index in [1.54, 1.807) is 0 Å². The highest BCUT2D eigenvalue weighted by Crippen LogP contribution is 2.04. The van der Waals surface area contributed by atoms with Crippen molar-refractivity contribution in [2.45, 2.75) is 31.3 Å². The summed E-state index contributed by atoms with van der Waals surface area (Å²) in [6.07, 6.45) is -5.21. The summed E-state index contributed by atoms with van der Waals surface area (Å²) in [5.41, 5.74) is 0. The maximum absolute atomic E-state index is 10.1. The molecule has 0 radical (unpaired) electrons. The monoisotopic (exact) mass is 179 g/mol. The number of hydrogen-bond acceptors (Lipinski definition) is 6. The molecule has 0 aromatic carbocycles. The molecule has 72 valence electrons. The Labute approximate surface area is 69.5 Å². The van der Waals surface area contributed by atoms with Crippen molar-refractivity contribution in [3.8, 4) is 0 Å². The molecule has 6 heteroatoms. The van der Waals surface area contributed by atoms with Gasteiger partial charge in [0.2, 0.25) is 0 Å². The van der Waals surface area contributed by atoms with E-state index in [0.717, 1.165) is 0 Å². The van der Waals surface area contributed by atoms with Crippen LogP contribution in [0, 0.1) is 0 Å². The number of hydrogen-bond donors (Lipinski definition) is 4. The molecule has 0 heterocycles. The Bertz CT molecular complexity index is 140. The van der Waals surface area contributed by atoms with Gasteiger partial charge in [0.05, 0.1) is 6.10 Å². The van der Waals surface area contributed by atoms with E-state index in [9.17, 15) is 4.79 Å². The maximum Gasteiger partial charge on any atom is 0.162 e. The van der Waals surface area contributed by atoms with Crippen LogP contribution in [-0.4, -0.2) is 46.0 Å². The van der Waals surface area contributed by atoms with Crippen LogP contribution in [0.3, 0.4) is 0 Å². The number of aldehydes is 1. The molecule has 0 aliphatic heterocycles. The van der Waals surface area contributed by atoms with Crippen LogP contribution in [0.15, 0.2) is 0 Å². The third-order valence-electron chi connectivity index (χ3n) is 1.47. The lowest BCUT2D eigenvalue weighted by Gasteiger charge is -2.22. The number of carbonyl (C=O) groups is 1. The zero-order valence-electron chi connectivity index (χ0n) is 6.62. The van der Waals surface area contributed by atoms with E-state index in [1.165, 1.54) is 6.92 Å². The predicted octanol–water partition coefficient (Wildman–Crippen LogP) is -2.45. The first-order chi connectivity index (χ1) is 5.54. The summed E-state index contributed by atoms with van der Waals surface area (Å²) in [6.45, 7) is 1.27. The Morgan fingerprint density at radius 2 is 1.83 bits per heavy atom. The van der Waals surface area contributed by atoms with Crippen LogP contribution in [0.4, 0.5) is 0 Å². The van der Waals surface area contributed by atoms with Crippen LogP contribution in [0.1, 0.15) is 6.92 Å². The molecule has 6 nitrogen and oxygen atoms in total. The van der Waals surface area contributed by atoms with Gasteiger partial charge in [0.25, 0.3) is 0 Å². The highest BCUT2D eigenvalue weighted by atomic mass is 16.6. The fourth-order valence-electron chi connectivity index (χ4n) is 0.673. The molecule has 0 amide bonds. The summed E-state index contributed by atoms with van der Waals surface area (Å²) in [7, 11) is 0. The van der Waals surface area contributed by atoms with E-state index < -0.39 is 24.4 Å². The van der Waals surface area contributed by atoms with E-state index in [4.69, 9.17) is 15.3 Å². The molecule has 0 saturated heterocycles. The zero-order valence-corrected chi connectivity index (χ0v) is 6.62. The van der Waals surface area contributed by atoms with Crippen LogP contribution in [0.2, 0.25) is 0 Å². The van der Waals surface area contributed by atoms with Gasteiger partial charge in [-0.1, -0.05) is 0 Å². The first-order valence-electron chi connectivity index (χ1n) is 3.39. The van der Waals surface area contributed by atoms with Gasteiger partial charge in [-0.25, -0.2) is 5.90 Å². The minimum Gasteiger partial charge on any atom is -0.391 e. The predicted molar refractivity (Wildman–Crippen MR) is 38.8 cm³/mol. The molecular formula is C6H13NO5. The summed E-state index contributed by atoms with van der Waals surface area (Å²) in [6, 6.07) is 0. The molecule has 0 aromatic heterocycles. The summed E-state index contributed by atoms with van der Waals surface area (Å²) in [5, 5.41) is 26.9. The first kappa shape index (κ1) is 11.5. The SMILES string of the molecule is C[C@@H](O)[C@H](O)[C@@H](O)[C@@H](C=O)ON. The first-order valence-corrected chi connectivity index (χ1v) is 3.39. The Hall–Kier alpha value is -0.530. The van der Waals surface area contributed by atoms with E-state index in [-0.39, 0.29) is 6.29 Å². The van der Waals surface area contributed by atoms with Crippen LogP contribution >= 0.6 is 0 Å². The highest BCUT2D eigenvalue weighted by molar-refractivity contribution is 5.57. The summed E-state index contributed by atoms with van der Waals surface area (Å²) < 4.78 is 0. The van der Waals surface area contributed by atoms with Gasteiger partial charge in [0.1, 0.15) is 12.2 Å². The van der Waals surface area contributed by atoms with E-state index in [0.29, 0.717) is 0 Å². The molecule has 4 atom stereocenters. The number of nitrogens with two attached hydrogens (primary N) is 1. The molecule has 0 aliphatic carbocycles. The van der Waals surface area contributed by atoms with Gasteiger partial charge in [-0.15, -0.1) is 0 Å². The molecule has 0 aliphatic rings. The smallest absolute Gasteiger partial charge is 0.162 e. The molecular weight excluding hydrogens is 166 g/mol. The van der Waals surface area contributed by atoms with Crippen LogP contribution in [0.25, 0.3) is 0 Å². The van der Waals surface area contributed by atoms with Crippen LogP contribution < -0.4 is 5.90 Å². The van der Waals surface area contributed by atoms with Gasteiger partial charge in [-0.3, -0.25) is 4.84 Å². The molecule has 5 N–H and O–H groups in total. The summed E-state index contributed by atoms with van der Waals surface area (Å²) in [4.78, 5) is 14.2. The number of carbonyl (C=O) groups excluding carboxylic acids is 1.